The molecule has 0 saturated carbocycles. The highest BCUT2D eigenvalue weighted by atomic mass is 32.2. The van der Waals surface area contributed by atoms with Crippen LogP contribution in [0.3, 0.4) is 0 Å². The van der Waals surface area contributed by atoms with Gasteiger partial charge in [-0.15, -0.1) is 11.3 Å². The Labute approximate surface area is 115 Å². The van der Waals surface area contributed by atoms with Crippen molar-refractivity contribution in [3.8, 4) is 0 Å². The Balaban J connectivity index is 2.05. The van der Waals surface area contributed by atoms with E-state index in [2.05, 4.69) is 4.72 Å². The van der Waals surface area contributed by atoms with Crippen molar-refractivity contribution in [3.05, 3.63) is 16.3 Å². The fourth-order valence-electron chi connectivity index (χ4n) is 1.94. The maximum atomic E-state index is 12.1. The first-order chi connectivity index (χ1) is 9.00. The smallest absolute Gasteiger partial charge is 0.347 e. The van der Waals surface area contributed by atoms with Crippen LogP contribution in [0.2, 0.25) is 0 Å². The van der Waals surface area contributed by atoms with Gasteiger partial charge in [-0.25, -0.2) is 17.9 Å². The number of rotatable bonds is 5. The van der Waals surface area contributed by atoms with Gasteiger partial charge in [-0.2, -0.15) is 0 Å². The van der Waals surface area contributed by atoms with Crippen LogP contribution in [0.15, 0.2) is 16.3 Å². The highest BCUT2D eigenvalue weighted by molar-refractivity contribution is 7.89. The van der Waals surface area contributed by atoms with E-state index in [1.54, 1.807) is 0 Å². The Morgan fingerprint density at radius 2 is 2.37 bits per heavy atom. The second kappa shape index (κ2) is 6.00. The van der Waals surface area contributed by atoms with E-state index in [0.717, 1.165) is 30.8 Å². The van der Waals surface area contributed by atoms with Crippen LogP contribution in [-0.4, -0.2) is 39.3 Å². The van der Waals surface area contributed by atoms with Crippen molar-refractivity contribution >= 4 is 27.3 Å². The van der Waals surface area contributed by atoms with E-state index < -0.39 is 16.0 Å². The van der Waals surface area contributed by atoms with Gasteiger partial charge in [0.1, 0.15) is 9.77 Å². The minimum absolute atomic E-state index is 0.149. The van der Waals surface area contributed by atoms with Crippen molar-refractivity contribution in [2.45, 2.75) is 17.7 Å². The van der Waals surface area contributed by atoms with Gasteiger partial charge >= 0.3 is 5.97 Å². The number of ether oxygens (including phenoxy) is 1. The van der Waals surface area contributed by atoms with Gasteiger partial charge < -0.3 is 9.84 Å². The molecule has 6 nitrogen and oxygen atoms in total. The van der Waals surface area contributed by atoms with E-state index in [0.29, 0.717) is 6.61 Å². The fourth-order valence-corrected chi connectivity index (χ4v) is 4.31. The molecule has 19 heavy (non-hydrogen) atoms. The van der Waals surface area contributed by atoms with Crippen LogP contribution in [0.5, 0.6) is 0 Å². The molecule has 0 spiro atoms. The van der Waals surface area contributed by atoms with Gasteiger partial charge in [0.2, 0.25) is 10.0 Å². The molecule has 0 radical (unpaired) electrons. The number of aromatic carboxylic acids is 1. The molecule has 0 aliphatic carbocycles. The molecule has 2 rings (SSSR count). The van der Waals surface area contributed by atoms with Gasteiger partial charge in [-0.3, -0.25) is 0 Å². The summed E-state index contributed by atoms with van der Waals surface area (Å²) in [5.74, 6) is -1.08. The van der Waals surface area contributed by atoms with Gasteiger partial charge in [-0.1, -0.05) is 0 Å². The normalized spacial score (nSPS) is 20.3. The third-order valence-electron chi connectivity index (χ3n) is 2.93. The number of carboxylic acid groups (broad SMARTS) is 1. The highest BCUT2D eigenvalue weighted by Gasteiger charge is 2.25. The first-order valence-electron chi connectivity index (χ1n) is 5.89. The molecule has 1 aliphatic rings. The van der Waals surface area contributed by atoms with Crippen LogP contribution in [0, 0.1) is 5.92 Å². The maximum absolute atomic E-state index is 12.1. The minimum Gasteiger partial charge on any atom is -0.477 e. The number of nitrogens with one attached hydrogen (secondary N) is 1. The van der Waals surface area contributed by atoms with Crippen LogP contribution in [0.25, 0.3) is 0 Å². The van der Waals surface area contributed by atoms with Gasteiger partial charge in [0.15, 0.2) is 0 Å². The lowest BCUT2D eigenvalue weighted by atomic mass is 10.0. The second-order valence-corrected chi connectivity index (χ2v) is 7.01. The third-order valence-corrected chi connectivity index (χ3v) is 5.43. The van der Waals surface area contributed by atoms with E-state index in [9.17, 15) is 13.2 Å². The molecule has 0 amide bonds. The lowest BCUT2D eigenvalue weighted by Crippen LogP contribution is -2.33. The summed E-state index contributed by atoms with van der Waals surface area (Å²) in [5.41, 5.74) is 0. The number of thiophene rings is 1. The summed E-state index contributed by atoms with van der Waals surface area (Å²) in [5, 5.41) is 10.4. The summed E-state index contributed by atoms with van der Waals surface area (Å²) >= 11 is 0.903. The zero-order valence-corrected chi connectivity index (χ0v) is 11.8. The molecule has 106 valence electrons. The number of sulfonamides is 1. The Morgan fingerprint density at radius 3 is 3.00 bits per heavy atom. The van der Waals surface area contributed by atoms with E-state index >= 15 is 0 Å². The van der Waals surface area contributed by atoms with Crippen molar-refractivity contribution in [1.82, 2.24) is 4.72 Å². The summed E-state index contributed by atoms with van der Waals surface area (Å²) < 4.78 is 31.8. The van der Waals surface area contributed by atoms with Gasteiger partial charge in [0.25, 0.3) is 0 Å². The predicted octanol–water partition coefficient (Wildman–Crippen LogP) is 1.15. The molecule has 1 aliphatic heterocycles. The second-order valence-electron chi connectivity index (χ2n) is 4.35. The molecule has 8 heteroatoms. The topological polar surface area (TPSA) is 92.7 Å². The van der Waals surface area contributed by atoms with E-state index in [4.69, 9.17) is 9.84 Å². The quantitative estimate of drug-likeness (QED) is 0.851. The SMILES string of the molecule is O=C(O)c1sccc1S(=O)(=O)NCC1CCCOC1. The third kappa shape index (κ3) is 3.53. The first kappa shape index (κ1) is 14.4. The molecule has 1 aromatic heterocycles. The van der Waals surface area contributed by atoms with Crippen molar-refractivity contribution < 1.29 is 23.1 Å². The van der Waals surface area contributed by atoms with Crippen LogP contribution >= 0.6 is 11.3 Å². The molecular formula is C11H15NO5S2. The van der Waals surface area contributed by atoms with Gasteiger partial charge in [0, 0.05) is 13.2 Å². The number of carbonyl (C=O) groups is 1. The first-order valence-corrected chi connectivity index (χ1v) is 8.25. The molecule has 1 fully saturated rings. The van der Waals surface area contributed by atoms with Crippen molar-refractivity contribution in [2.75, 3.05) is 19.8 Å². The summed E-state index contributed by atoms with van der Waals surface area (Å²) in [4.78, 5) is 10.6. The van der Waals surface area contributed by atoms with Gasteiger partial charge in [-0.05, 0) is 30.2 Å². The van der Waals surface area contributed by atoms with Gasteiger partial charge in [0.05, 0.1) is 6.61 Å². The Bertz CT molecular complexity index is 545. The summed E-state index contributed by atoms with van der Waals surface area (Å²) in [6.45, 7) is 1.53. The van der Waals surface area contributed by atoms with Crippen LogP contribution in [-0.2, 0) is 14.8 Å². The van der Waals surface area contributed by atoms with Crippen molar-refractivity contribution in [1.29, 1.82) is 0 Å². The van der Waals surface area contributed by atoms with Crippen LogP contribution < -0.4 is 4.72 Å². The number of carboxylic acids is 1. The largest absolute Gasteiger partial charge is 0.477 e. The van der Waals surface area contributed by atoms with Crippen molar-refractivity contribution in [2.24, 2.45) is 5.92 Å². The molecule has 1 aromatic rings. The number of hydrogen-bond donors (Lipinski definition) is 2. The summed E-state index contributed by atoms with van der Waals surface area (Å²) in [6, 6.07) is 1.31. The standard InChI is InChI=1S/C11H15NO5S2/c13-11(14)10-9(3-5-18-10)19(15,16)12-6-8-2-1-4-17-7-8/h3,5,8,12H,1-2,4,6-7H2,(H,13,14). The Morgan fingerprint density at radius 1 is 1.58 bits per heavy atom. The van der Waals surface area contributed by atoms with Crippen molar-refractivity contribution in [3.63, 3.8) is 0 Å². The van der Waals surface area contributed by atoms with Crippen LogP contribution in [0.1, 0.15) is 22.5 Å². The maximum Gasteiger partial charge on any atom is 0.347 e. The molecule has 2 N–H and O–H groups in total. The fraction of sp³-hybridized carbons (Fsp3) is 0.545. The van der Waals surface area contributed by atoms with E-state index in [1.807, 2.05) is 0 Å². The predicted molar refractivity (Wildman–Crippen MR) is 70.0 cm³/mol. The molecule has 0 aromatic carbocycles. The lowest BCUT2D eigenvalue weighted by molar-refractivity contribution is 0.0567. The van der Waals surface area contributed by atoms with E-state index in [1.165, 1.54) is 11.4 Å². The molecule has 1 atom stereocenters. The Hall–Kier alpha value is -0.960. The molecule has 1 saturated heterocycles. The molecule has 2 heterocycles. The van der Waals surface area contributed by atoms with Crippen LogP contribution in [0.4, 0.5) is 0 Å². The summed E-state index contributed by atoms with van der Waals surface area (Å²) in [7, 11) is -3.77. The number of hydrogen-bond acceptors (Lipinski definition) is 5. The zero-order chi connectivity index (χ0) is 13.9. The zero-order valence-electron chi connectivity index (χ0n) is 10.2. The molecule has 0 bridgehead atoms. The minimum atomic E-state index is -3.77. The summed E-state index contributed by atoms with van der Waals surface area (Å²) in [6.07, 6.45) is 1.84. The molecular weight excluding hydrogens is 290 g/mol. The highest BCUT2D eigenvalue weighted by Crippen LogP contribution is 2.22. The Kier molecular flexibility index (Phi) is 4.56. The average Bonchev–Trinajstić information content (AvgIpc) is 2.88. The monoisotopic (exact) mass is 305 g/mol. The van der Waals surface area contributed by atoms with E-state index in [-0.39, 0.29) is 22.2 Å². The average molecular weight is 305 g/mol. The lowest BCUT2D eigenvalue weighted by Gasteiger charge is -2.22. The molecule has 1 unspecified atom stereocenters.